The molecule has 0 aromatic heterocycles. The van der Waals surface area contributed by atoms with Gasteiger partial charge < -0.3 is 47.4 Å². The van der Waals surface area contributed by atoms with E-state index >= 15 is 0 Å². The summed E-state index contributed by atoms with van der Waals surface area (Å²) in [5.41, 5.74) is -3.84. The highest BCUT2D eigenvalue weighted by Crippen LogP contribution is 2.42. The van der Waals surface area contributed by atoms with Gasteiger partial charge in [-0.3, -0.25) is 28.8 Å². The van der Waals surface area contributed by atoms with E-state index < -0.39 is 62.5 Å². The second-order valence-corrected chi connectivity index (χ2v) is 34.9. The normalized spacial score (nSPS) is 17.9. The predicted octanol–water partition coefficient (Wildman–Crippen LogP) is 20.1. The Kier molecular flexibility index (Phi) is 45.8. The van der Waals surface area contributed by atoms with E-state index in [1.54, 1.807) is 6.92 Å². The summed E-state index contributed by atoms with van der Waals surface area (Å²) in [4.78, 5) is 119. The van der Waals surface area contributed by atoms with Crippen LogP contribution in [0.4, 0.5) is 0 Å². The summed E-state index contributed by atoms with van der Waals surface area (Å²) in [5, 5.41) is 0. The van der Waals surface area contributed by atoms with Crippen molar-refractivity contribution >= 4 is 59.7 Å². The molecule has 5 aliphatic carbocycles. The quantitative estimate of drug-likeness (QED) is 0.0324. The monoisotopic (exact) mass is 1520 g/mol. The number of carbonyl (C=O) groups excluding carboxylic acids is 10. The molecule has 3 atom stereocenters. The lowest BCUT2D eigenvalue weighted by Crippen LogP contribution is -2.43. The van der Waals surface area contributed by atoms with Crippen molar-refractivity contribution in [1.29, 1.82) is 0 Å². The molecular weight excluding hydrogens is 1360 g/mol. The molecule has 3 unspecified atom stereocenters. The molecule has 0 N–H and O–H groups in total. The van der Waals surface area contributed by atoms with Crippen LogP contribution < -0.4 is 0 Å². The minimum Gasteiger partial charge on any atom is -0.465 e. The SMILES string of the molecule is CCC(C)(C)C(=O)OCC(=O)OC(C)(C)C1CCCC1.CCC(C)(C)C(=O)OCC(=O)OC(C)(CC)C1CCCCC1.CCC(C)(C)C(=O)OCC(=O)OC(CC)(CC)C1CCCCC1.CCC(C)C(=O)OCC(=O)OC(C)(C)C1CCCCC1.CCC(C)C(=O)OCCCC(=O)OC(C)(C)C1CCCCC1. The average Bonchev–Trinajstić information content (AvgIpc) is 1.15. The van der Waals surface area contributed by atoms with Crippen LogP contribution in [0.2, 0.25) is 0 Å². The van der Waals surface area contributed by atoms with Gasteiger partial charge in [-0.25, -0.2) is 19.2 Å². The standard InChI is InChI=1S/C19H34O4.2C18H32O4.2C16H28O4/c1-6-18(4,5)17(21)22-14-16(20)23-19(7-2,8-3)15-12-10-9-11-13-15;1-6-17(3,4)16(20)21-13-15(19)22-18(5,7-2)14-11-9-8-10-12-14;1-5-14(2)17(20)21-13-9-12-16(19)22-18(3,4)15-10-7-6-8-11-15;1-6-15(2,3)14(18)19-11-13(17)20-16(4,5)12-9-7-8-10-12;1-5-12(2)15(18)19-11-14(17)20-16(3,4)13-9-7-6-8-10-13/h15H,6-14H2,1-5H3;14H,6-13H2,1-5H3;14-15H,5-13H2,1-4H3;12H,6-11H2,1-5H3;12-13H,5-11H2,1-4H3. The van der Waals surface area contributed by atoms with Crippen molar-refractivity contribution in [3.63, 3.8) is 0 Å². The van der Waals surface area contributed by atoms with Gasteiger partial charge in [0, 0.05) is 6.42 Å². The van der Waals surface area contributed by atoms with Crippen molar-refractivity contribution in [3.05, 3.63) is 0 Å². The summed E-state index contributed by atoms with van der Waals surface area (Å²) in [7, 11) is 0. The highest BCUT2D eigenvalue weighted by atomic mass is 16.6. The van der Waals surface area contributed by atoms with E-state index in [1.807, 2.05) is 138 Å². The molecule has 5 fully saturated rings. The van der Waals surface area contributed by atoms with E-state index in [9.17, 15) is 47.9 Å². The van der Waals surface area contributed by atoms with Gasteiger partial charge in [0.1, 0.15) is 28.0 Å². The fourth-order valence-corrected chi connectivity index (χ4v) is 14.4. The Balaban J connectivity index is 0.000000669. The minimum absolute atomic E-state index is 0.0720. The molecule has 0 aromatic rings. The summed E-state index contributed by atoms with van der Waals surface area (Å²) in [6.45, 7) is 43.4. The van der Waals surface area contributed by atoms with Crippen molar-refractivity contribution < 1.29 is 95.3 Å². The van der Waals surface area contributed by atoms with Crippen molar-refractivity contribution in [2.24, 2.45) is 57.7 Å². The minimum atomic E-state index is -0.559. The lowest BCUT2D eigenvalue weighted by atomic mass is 9.74. The maximum Gasteiger partial charge on any atom is 0.344 e. The summed E-state index contributed by atoms with van der Waals surface area (Å²) >= 11 is 0. The van der Waals surface area contributed by atoms with Gasteiger partial charge in [0.25, 0.3) is 0 Å². The van der Waals surface area contributed by atoms with Gasteiger partial charge in [-0.05, 0) is 242 Å². The molecule has 20 nitrogen and oxygen atoms in total. The third-order valence-corrected chi connectivity index (χ3v) is 24.4. The number of rotatable bonds is 35. The molecular formula is C87H154O20. The van der Waals surface area contributed by atoms with Gasteiger partial charge in [0.15, 0.2) is 26.4 Å². The zero-order valence-electron chi connectivity index (χ0n) is 71.8. The molecule has 107 heavy (non-hydrogen) atoms. The third kappa shape index (κ3) is 36.6. The van der Waals surface area contributed by atoms with Crippen molar-refractivity contribution in [2.75, 3.05) is 33.0 Å². The molecule has 0 spiro atoms. The van der Waals surface area contributed by atoms with E-state index in [0.717, 1.165) is 89.9 Å². The molecule has 5 saturated carbocycles. The van der Waals surface area contributed by atoms with Crippen LogP contribution in [0.25, 0.3) is 0 Å². The predicted molar refractivity (Wildman–Crippen MR) is 418 cm³/mol. The fourth-order valence-electron chi connectivity index (χ4n) is 14.4. The first kappa shape index (κ1) is 99.7. The van der Waals surface area contributed by atoms with Crippen LogP contribution >= 0.6 is 0 Å². The molecule has 0 amide bonds. The first-order chi connectivity index (χ1) is 50.0. The molecule has 0 aliphatic heterocycles. The average molecular weight is 1520 g/mol. The molecule has 20 heteroatoms. The van der Waals surface area contributed by atoms with Crippen LogP contribution in [0.3, 0.4) is 0 Å². The lowest BCUT2D eigenvalue weighted by Gasteiger charge is -2.41. The van der Waals surface area contributed by atoms with Gasteiger partial charge in [-0.15, -0.1) is 0 Å². The smallest absolute Gasteiger partial charge is 0.344 e. The number of hydrogen-bond acceptors (Lipinski definition) is 20. The van der Waals surface area contributed by atoms with Crippen LogP contribution in [0.1, 0.15) is 378 Å². The van der Waals surface area contributed by atoms with Crippen LogP contribution in [0, 0.1) is 57.7 Å². The van der Waals surface area contributed by atoms with Gasteiger partial charge in [0.2, 0.25) is 0 Å². The van der Waals surface area contributed by atoms with Crippen molar-refractivity contribution in [1.82, 2.24) is 0 Å². The summed E-state index contributed by atoms with van der Waals surface area (Å²) < 4.78 is 53.7. The highest BCUT2D eigenvalue weighted by Gasteiger charge is 2.43. The zero-order chi connectivity index (χ0) is 81.5. The zero-order valence-corrected chi connectivity index (χ0v) is 71.8. The van der Waals surface area contributed by atoms with Gasteiger partial charge in [0.05, 0.1) is 34.7 Å². The topological polar surface area (TPSA) is 263 Å². The molecule has 5 rings (SSSR count). The van der Waals surface area contributed by atoms with E-state index in [4.69, 9.17) is 47.4 Å². The number of carbonyl (C=O) groups is 10. The molecule has 0 radical (unpaired) electrons. The molecule has 622 valence electrons. The van der Waals surface area contributed by atoms with Gasteiger partial charge in [-0.2, -0.15) is 0 Å². The third-order valence-electron chi connectivity index (χ3n) is 24.4. The van der Waals surface area contributed by atoms with Crippen LogP contribution in [0.5, 0.6) is 0 Å². The van der Waals surface area contributed by atoms with E-state index in [2.05, 4.69) is 13.8 Å². The highest BCUT2D eigenvalue weighted by molar-refractivity contribution is 5.82. The number of ether oxygens (including phenoxy) is 10. The van der Waals surface area contributed by atoms with Crippen molar-refractivity contribution in [2.45, 2.75) is 406 Å². The second kappa shape index (κ2) is 49.2. The lowest BCUT2D eigenvalue weighted by molar-refractivity contribution is -0.180. The Bertz CT molecular complexity index is 2640. The first-order valence-electron chi connectivity index (χ1n) is 41.9. The Morgan fingerprint density at radius 1 is 0.299 bits per heavy atom. The van der Waals surface area contributed by atoms with E-state index in [1.165, 1.54) is 89.9 Å². The Labute approximate surface area is 648 Å². The summed E-state index contributed by atoms with van der Waals surface area (Å²) in [5.74, 6) is -1.61. The van der Waals surface area contributed by atoms with Crippen LogP contribution in [0.15, 0.2) is 0 Å². The summed E-state index contributed by atoms with van der Waals surface area (Å²) in [6.07, 6.45) is 35.2. The van der Waals surface area contributed by atoms with E-state index in [-0.39, 0.29) is 79.7 Å². The first-order valence-corrected chi connectivity index (χ1v) is 41.9. The van der Waals surface area contributed by atoms with Crippen LogP contribution in [-0.2, 0) is 95.3 Å². The fraction of sp³-hybridized carbons (Fsp3) is 0.885. The molecule has 5 aliphatic rings. The van der Waals surface area contributed by atoms with Gasteiger partial charge in [-0.1, -0.05) is 159 Å². The maximum absolute atomic E-state index is 12.2. The largest absolute Gasteiger partial charge is 0.465 e. The maximum atomic E-state index is 12.2. The van der Waals surface area contributed by atoms with Crippen LogP contribution in [-0.4, -0.2) is 121 Å². The Morgan fingerprint density at radius 2 is 0.570 bits per heavy atom. The number of hydrogen-bond donors (Lipinski definition) is 0. The molecule has 0 saturated heterocycles. The molecule has 0 aromatic carbocycles. The van der Waals surface area contributed by atoms with Gasteiger partial charge >= 0.3 is 59.7 Å². The van der Waals surface area contributed by atoms with E-state index in [0.29, 0.717) is 74.7 Å². The molecule has 0 heterocycles. The number of esters is 10. The second-order valence-electron chi connectivity index (χ2n) is 34.9. The Morgan fingerprint density at radius 3 is 0.879 bits per heavy atom. The van der Waals surface area contributed by atoms with Crippen molar-refractivity contribution in [3.8, 4) is 0 Å². The summed E-state index contributed by atoms with van der Waals surface area (Å²) in [6, 6.07) is 0. The Hall–Kier alpha value is -5.30. The molecule has 0 bridgehead atoms.